The Kier molecular flexibility index (Phi) is 5.76. The number of ether oxygens (including phenoxy) is 2. The maximum atomic E-state index is 13.0. The maximum absolute atomic E-state index is 13.0. The number of nitrogens with zero attached hydrogens (tertiary/aromatic N) is 2. The molecule has 8 heteroatoms. The Morgan fingerprint density at radius 2 is 1.85 bits per heavy atom. The Morgan fingerprint density at radius 3 is 2.64 bits per heavy atom. The molecule has 2 aliphatic heterocycles. The van der Waals surface area contributed by atoms with Gasteiger partial charge in [-0.2, -0.15) is 0 Å². The number of amides is 2. The van der Waals surface area contributed by atoms with E-state index in [9.17, 15) is 9.59 Å². The third kappa shape index (κ3) is 4.43. The molecular weight excluding hydrogens is 438 g/mol. The van der Waals surface area contributed by atoms with Gasteiger partial charge in [0.25, 0.3) is 5.91 Å². The number of hydrogen-bond acceptors (Lipinski definition) is 6. The lowest BCUT2D eigenvalue weighted by Crippen LogP contribution is -2.41. The van der Waals surface area contributed by atoms with Crippen LogP contribution < -0.4 is 14.8 Å². The van der Waals surface area contributed by atoms with Crippen molar-refractivity contribution in [2.45, 2.75) is 26.7 Å². The molecule has 2 amide bonds. The molecule has 1 N–H and O–H groups in total. The summed E-state index contributed by atoms with van der Waals surface area (Å²) in [4.78, 5) is 32.1. The lowest BCUT2D eigenvalue weighted by Gasteiger charge is -2.30. The van der Waals surface area contributed by atoms with E-state index >= 15 is 0 Å². The molecule has 5 rings (SSSR count). The zero-order chi connectivity index (χ0) is 22.9. The van der Waals surface area contributed by atoms with Gasteiger partial charge in [-0.25, -0.2) is 4.98 Å². The van der Waals surface area contributed by atoms with Gasteiger partial charge >= 0.3 is 0 Å². The van der Waals surface area contributed by atoms with E-state index in [1.165, 1.54) is 16.9 Å². The van der Waals surface area contributed by atoms with Gasteiger partial charge in [0.15, 0.2) is 11.5 Å². The van der Waals surface area contributed by atoms with Crippen molar-refractivity contribution in [2.24, 2.45) is 5.92 Å². The monoisotopic (exact) mass is 463 g/mol. The number of aromatic nitrogens is 1. The van der Waals surface area contributed by atoms with Gasteiger partial charge in [-0.05, 0) is 44.4 Å². The van der Waals surface area contributed by atoms with Gasteiger partial charge in [-0.1, -0.05) is 23.8 Å². The fraction of sp³-hybridized carbons (Fsp3) is 0.320. The van der Waals surface area contributed by atoms with Crippen LogP contribution in [-0.4, -0.2) is 41.6 Å². The molecule has 170 valence electrons. The summed E-state index contributed by atoms with van der Waals surface area (Å²) >= 11 is 1.49. The van der Waals surface area contributed by atoms with Crippen molar-refractivity contribution in [3.63, 3.8) is 0 Å². The Bertz CT molecular complexity index is 1210. The van der Waals surface area contributed by atoms with Crippen molar-refractivity contribution in [3.8, 4) is 22.1 Å². The second kappa shape index (κ2) is 8.86. The Balaban J connectivity index is 1.18. The number of piperidine rings is 1. The van der Waals surface area contributed by atoms with Crippen molar-refractivity contribution >= 4 is 28.8 Å². The first-order chi connectivity index (χ1) is 16.0. The number of benzene rings is 2. The summed E-state index contributed by atoms with van der Waals surface area (Å²) in [6.07, 6.45) is 1.24. The first-order valence-corrected chi connectivity index (χ1v) is 11.9. The van der Waals surface area contributed by atoms with E-state index in [1.807, 2.05) is 5.38 Å². The molecule has 0 bridgehead atoms. The lowest BCUT2D eigenvalue weighted by molar-refractivity contribution is -0.121. The van der Waals surface area contributed by atoms with E-state index in [-0.39, 0.29) is 24.5 Å². The smallest absolute Gasteiger partial charge is 0.273 e. The highest BCUT2D eigenvalue weighted by molar-refractivity contribution is 7.13. The largest absolute Gasteiger partial charge is 0.454 e. The van der Waals surface area contributed by atoms with E-state index in [0.29, 0.717) is 48.8 Å². The first kappa shape index (κ1) is 21.5. The molecule has 1 saturated heterocycles. The molecule has 1 fully saturated rings. The van der Waals surface area contributed by atoms with E-state index in [4.69, 9.17) is 9.47 Å². The number of carbonyl (C=O) groups excluding carboxylic acids is 2. The number of nitrogens with one attached hydrogen (secondary N) is 1. The number of fused-ring (bicyclic) bond motifs is 1. The van der Waals surface area contributed by atoms with Gasteiger partial charge in [0, 0.05) is 41.7 Å². The van der Waals surface area contributed by atoms with E-state index in [2.05, 4.69) is 42.3 Å². The van der Waals surface area contributed by atoms with Gasteiger partial charge in [0.05, 0.1) is 0 Å². The van der Waals surface area contributed by atoms with Gasteiger partial charge in [-0.15, -0.1) is 11.3 Å². The van der Waals surface area contributed by atoms with Crippen LogP contribution in [0.15, 0.2) is 41.8 Å². The fourth-order valence-electron chi connectivity index (χ4n) is 4.27. The molecule has 0 aliphatic carbocycles. The fourth-order valence-corrected chi connectivity index (χ4v) is 5.16. The highest BCUT2D eigenvalue weighted by atomic mass is 32.1. The number of aryl methyl sites for hydroxylation is 2. The molecule has 33 heavy (non-hydrogen) atoms. The molecule has 2 aromatic carbocycles. The normalized spacial score (nSPS) is 15.5. The van der Waals surface area contributed by atoms with Crippen LogP contribution in [0, 0.1) is 19.8 Å². The van der Waals surface area contributed by atoms with Gasteiger partial charge in [-0.3, -0.25) is 9.59 Å². The average molecular weight is 464 g/mol. The van der Waals surface area contributed by atoms with E-state index in [1.54, 1.807) is 23.1 Å². The second-order valence-corrected chi connectivity index (χ2v) is 9.34. The van der Waals surface area contributed by atoms with Crippen LogP contribution in [-0.2, 0) is 4.79 Å². The molecule has 0 atom stereocenters. The third-order valence-electron chi connectivity index (χ3n) is 6.13. The standard InChI is InChI=1S/C25H25N3O4S/c1-15-3-5-19(16(2)11-15)24-27-20(13-33-24)25(30)28-9-7-17(8-10-28)23(29)26-18-4-6-21-22(12-18)32-14-31-21/h3-6,11-13,17H,7-10,14H2,1-2H3,(H,26,29). The van der Waals surface area contributed by atoms with E-state index in [0.717, 1.165) is 16.1 Å². The summed E-state index contributed by atoms with van der Waals surface area (Å²) in [5.41, 5.74) is 4.57. The second-order valence-electron chi connectivity index (χ2n) is 8.48. The van der Waals surface area contributed by atoms with Crippen molar-refractivity contribution in [1.82, 2.24) is 9.88 Å². The summed E-state index contributed by atoms with van der Waals surface area (Å²) in [5, 5.41) is 5.64. The van der Waals surface area contributed by atoms with Crippen molar-refractivity contribution in [1.29, 1.82) is 0 Å². The zero-order valence-corrected chi connectivity index (χ0v) is 19.4. The molecule has 1 aromatic heterocycles. The molecule has 7 nitrogen and oxygen atoms in total. The SMILES string of the molecule is Cc1ccc(-c2nc(C(=O)N3CCC(C(=O)Nc4ccc5c(c4)OCO5)CC3)cs2)c(C)c1. The first-order valence-electron chi connectivity index (χ1n) is 11.0. The van der Waals surface area contributed by atoms with Crippen LogP contribution in [0.1, 0.15) is 34.5 Å². The summed E-state index contributed by atoms with van der Waals surface area (Å²) in [6.45, 7) is 5.39. The zero-order valence-electron chi connectivity index (χ0n) is 18.6. The van der Waals surface area contributed by atoms with Crippen molar-refractivity contribution in [3.05, 3.63) is 58.6 Å². The maximum Gasteiger partial charge on any atom is 0.273 e. The minimum atomic E-state index is -0.138. The predicted molar refractivity (Wildman–Crippen MR) is 127 cm³/mol. The van der Waals surface area contributed by atoms with Crippen LogP contribution in [0.25, 0.3) is 10.6 Å². The van der Waals surface area contributed by atoms with Gasteiger partial charge in [0.1, 0.15) is 10.7 Å². The summed E-state index contributed by atoms with van der Waals surface area (Å²) in [7, 11) is 0. The predicted octanol–water partition coefficient (Wildman–Crippen LogP) is 4.65. The van der Waals surface area contributed by atoms with Gasteiger partial charge in [0.2, 0.25) is 12.7 Å². The Labute approximate surface area is 196 Å². The minimum absolute atomic E-state index is 0.0354. The van der Waals surface area contributed by atoms with Crippen molar-refractivity contribution in [2.75, 3.05) is 25.2 Å². The van der Waals surface area contributed by atoms with Crippen LogP contribution in [0.4, 0.5) is 5.69 Å². The number of anilines is 1. The number of likely N-dealkylation sites (tertiary alicyclic amines) is 1. The van der Waals surface area contributed by atoms with Crippen LogP contribution in [0.2, 0.25) is 0 Å². The third-order valence-corrected chi connectivity index (χ3v) is 7.00. The van der Waals surface area contributed by atoms with Crippen LogP contribution in [0.3, 0.4) is 0 Å². The van der Waals surface area contributed by atoms with E-state index < -0.39 is 0 Å². The quantitative estimate of drug-likeness (QED) is 0.609. The number of thiazole rings is 1. The molecule has 0 spiro atoms. The minimum Gasteiger partial charge on any atom is -0.454 e. The molecule has 0 unspecified atom stereocenters. The van der Waals surface area contributed by atoms with Crippen molar-refractivity contribution < 1.29 is 19.1 Å². The lowest BCUT2D eigenvalue weighted by atomic mass is 9.95. The van der Waals surface area contributed by atoms with Crippen LogP contribution in [0.5, 0.6) is 11.5 Å². The molecule has 0 radical (unpaired) electrons. The van der Waals surface area contributed by atoms with Gasteiger partial charge < -0.3 is 19.7 Å². The highest BCUT2D eigenvalue weighted by Gasteiger charge is 2.29. The summed E-state index contributed by atoms with van der Waals surface area (Å²) in [5.74, 6) is 1.07. The highest BCUT2D eigenvalue weighted by Crippen LogP contribution is 2.34. The molecule has 0 saturated carbocycles. The molecule has 2 aliphatic rings. The Hall–Kier alpha value is -3.39. The molecule has 3 heterocycles. The number of rotatable bonds is 4. The number of carbonyl (C=O) groups is 2. The molecular formula is C25H25N3O4S. The summed E-state index contributed by atoms with van der Waals surface area (Å²) in [6, 6.07) is 11.6. The molecule has 3 aromatic rings. The van der Waals surface area contributed by atoms with Crippen LogP contribution >= 0.6 is 11.3 Å². The Morgan fingerprint density at radius 1 is 1.06 bits per heavy atom. The summed E-state index contributed by atoms with van der Waals surface area (Å²) < 4.78 is 10.7. The topological polar surface area (TPSA) is 80.8 Å². The number of hydrogen-bond donors (Lipinski definition) is 1. The average Bonchev–Trinajstić information content (AvgIpc) is 3.48.